The molecule has 0 radical (unpaired) electrons. The zero-order valence-corrected chi connectivity index (χ0v) is 13.6. The van der Waals surface area contributed by atoms with Crippen molar-refractivity contribution >= 4 is 11.9 Å². The van der Waals surface area contributed by atoms with E-state index < -0.39 is 0 Å². The molecule has 3 rings (SSSR count). The highest BCUT2D eigenvalue weighted by Gasteiger charge is 2.24. The third-order valence-corrected chi connectivity index (χ3v) is 4.31. The van der Waals surface area contributed by atoms with Crippen LogP contribution in [0.1, 0.15) is 15.9 Å². The average Bonchev–Trinajstić information content (AvgIpc) is 2.64. The Kier molecular flexibility index (Phi) is 5.23. The van der Waals surface area contributed by atoms with Gasteiger partial charge in [0, 0.05) is 11.1 Å². The summed E-state index contributed by atoms with van der Waals surface area (Å²) >= 11 is 0. The lowest BCUT2D eigenvalue weighted by molar-refractivity contribution is -0.917. The molecule has 0 aromatic heterocycles. The van der Waals surface area contributed by atoms with Crippen LogP contribution in [0.2, 0.25) is 0 Å². The number of amides is 3. The number of carbonyl (C=O) groups is 2. The maximum absolute atomic E-state index is 12.2. The summed E-state index contributed by atoms with van der Waals surface area (Å²) in [5.41, 5.74) is 1.81. The van der Waals surface area contributed by atoms with Crippen molar-refractivity contribution in [2.45, 2.75) is 6.54 Å². The number of piperazine rings is 1. The van der Waals surface area contributed by atoms with E-state index in [1.54, 1.807) is 29.2 Å². The standard InChI is InChI=1S/C19H21N3O2/c23-18(17-9-5-2-6-10-17)20-19(24)22-13-11-21(12-14-22)15-16-7-3-1-4-8-16/h1-10H,11-15H2,(H,20,23,24)/p+1. The summed E-state index contributed by atoms with van der Waals surface area (Å²) in [6.45, 7) is 4.08. The van der Waals surface area contributed by atoms with Gasteiger partial charge in [0.25, 0.3) is 5.91 Å². The predicted octanol–water partition coefficient (Wildman–Crippen LogP) is 0.937. The minimum Gasteiger partial charge on any atom is -0.328 e. The van der Waals surface area contributed by atoms with E-state index in [0.29, 0.717) is 18.7 Å². The second-order valence-electron chi connectivity index (χ2n) is 6.02. The van der Waals surface area contributed by atoms with Crippen LogP contribution in [0.3, 0.4) is 0 Å². The minimum absolute atomic E-state index is 0.303. The van der Waals surface area contributed by atoms with E-state index in [1.165, 1.54) is 10.5 Å². The van der Waals surface area contributed by atoms with Crippen LogP contribution < -0.4 is 10.2 Å². The SMILES string of the molecule is O=C(NC(=O)N1CC[NH+](Cc2ccccc2)CC1)c1ccccc1. The van der Waals surface area contributed by atoms with Crippen LogP contribution in [0, 0.1) is 0 Å². The van der Waals surface area contributed by atoms with E-state index >= 15 is 0 Å². The molecule has 1 heterocycles. The number of rotatable bonds is 3. The fourth-order valence-electron chi connectivity index (χ4n) is 2.93. The Labute approximate surface area is 141 Å². The molecule has 0 unspecified atom stereocenters. The molecule has 0 bridgehead atoms. The summed E-state index contributed by atoms with van der Waals surface area (Å²) in [7, 11) is 0. The molecule has 5 nitrogen and oxygen atoms in total. The molecule has 2 aromatic rings. The van der Waals surface area contributed by atoms with Gasteiger partial charge in [-0.15, -0.1) is 0 Å². The van der Waals surface area contributed by atoms with E-state index in [1.807, 2.05) is 24.3 Å². The van der Waals surface area contributed by atoms with Crippen LogP contribution >= 0.6 is 0 Å². The summed E-state index contributed by atoms with van der Waals surface area (Å²) in [4.78, 5) is 27.4. The summed E-state index contributed by atoms with van der Waals surface area (Å²) in [6, 6.07) is 18.9. The number of nitrogens with zero attached hydrogens (tertiary/aromatic N) is 1. The van der Waals surface area contributed by atoms with E-state index in [9.17, 15) is 9.59 Å². The van der Waals surface area contributed by atoms with Crippen molar-refractivity contribution in [2.75, 3.05) is 26.2 Å². The molecule has 1 fully saturated rings. The van der Waals surface area contributed by atoms with Crippen LogP contribution in [-0.2, 0) is 6.54 Å². The molecule has 0 aliphatic carbocycles. The monoisotopic (exact) mass is 324 g/mol. The first kappa shape index (κ1) is 16.2. The fourth-order valence-corrected chi connectivity index (χ4v) is 2.93. The Morgan fingerprint density at radius 1 is 0.917 bits per heavy atom. The number of benzene rings is 2. The second-order valence-corrected chi connectivity index (χ2v) is 6.02. The van der Waals surface area contributed by atoms with Gasteiger partial charge in [0.2, 0.25) is 0 Å². The van der Waals surface area contributed by atoms with Crippen molar-refractivity contribution in [3.8, 4) is 0 Å². The van der Waals surface area contributed by atoms with E-state index in [0.717, 1.165) is 19.6 Å². The molecule has 1 aliphatic heterocycles. The van der Waals surface area contributed by atoms with E-state index in [4.69, 9.17) is 0 Å². The van der Waals surface area contributed by atoms with Crippen molar-refractivity contribution < 1.29 is 14.5 Å². The second kappa shape index (κ2) is 7.75. The molecule has 24 heavy (non-hydrogen) atoms. The van der Waals surface area contributed by atoms with Crippen molar-refractivity contribution in [3.63, 3.8) is 0 Å². The van der Waals surface area contributed by atoms with Gasteiger partial charge in [0.1, 0.15) is 6.54 Å². The number of quaternary nitrogens is 1. The van der Waals surface area contributed by atoms with Gasteiger partial charge in [0.15, 0.2) is 0 Å². The number of nitrogens with one attached hydrogen (secondary N) is 2. The maximum atomic E-state index is 12.2. The molecule has 0 saturated carbocycles. The van der Waals surface area contributed by atoms with Gasteiger partial charge < -0.3 is 9.80 Å². The molecule has 1 aliphatic rings. The first-order chi connectivity index (χ1) is 11.7. The number of hydrogen-bond acceptors (Lipinski definition) is 2. The first-order valence-corrected chi connectivity index (χ1v) is 8.25. The molecule has 2 N–H and O–H groups in total. The van der Waals surface area contributed by atoms with Gasteiger partial charge in [-0.05, 0) is 12.1 Å². The summed E-state index contributed by atoms with van der Waals surface area (Å²) in [5.74, 6) is -0.348. The zero-order valence-electron chi connectivity index (χ0n) is 13.6. The van der Waals surface area contributed by atoms with Crippen LogP contribution in [0.4, 0.5) is 4.79 Å². The third kappa shape index (κ3) is 4.20. The van der Waals surface area contributed by atoms with Crippen molar-refractivity contribution in [2.24, 2.45) is 0 Å². The largest absolute Gasteiger partial charge is 0.328 e. The lowest BCUT2D eigenvalue weighted by Gasteiger charge is -2.32. The first-order valence-electron chi connectivity index (χ1n) is 8.25. The van der Waals surface area contributed by atoms with Crippen molar-refractivity contribution in [1.29, 1.82) is 0 Å². The van der Waals surface area contributed by atoms with Crippen LogP contribution in [0.25, 0.3) is 0 Å². The zero-order chi connectivity index (χ0) is 16.8. The summed E-state index contributed by atoms with van der Waals surface area (Å²) in [5, 5.41) is 2.47. The molecule has 5 heteroatoms. The lowest BCUT2D eigenvalue weighted by atomic mass is 10.2. The van der Waals surface area contributed by atoms with Crippen molar-refractivity contribution in [3.05, 3.63) is 71.8 Å². The number of imide groups is 1. The molecule has 3 amide bonds. The smallest absolute Gasteiger partial charge is 0.324 e. The fraction of sp³-hybridized carbons (Fsp3) is 0.263. The average molecular weight is 324 g/mol. The topological polar surface area (TPSA) is 53.9 Å². The Bertz CT molecular complexity index is 680. The van der Waals surface area contributed by atoms with Gasteiger partial charge in [-0.2, -0.15) is 0 Å². The number of urea groups is 1. The van der Waals surface area contributed by atoms with Crippen LogP contribution in [-0.4, -0.2) is 43.0 Å². The molecule has 124 valence electrons. The maximum Gasteiger partial charge on any atom is 0.324 e. The van der Waals surface area contributed by atoms with Gasteiger partial charge in [-0.3, -0.25) is 10.1 Å². The third-order valence-electron chi connectivity index (χ3n) is 4.31. The Morgan fingerprint density at radius 2 is 1.50 bits per heavy atom. The quantitative estimate of drug-likeness (QED) is 0.883. The Morgan fingerprint density at radius 3 is 2.12 bits per heavy atom. The predicted molar refractivity (Wildman–Crippen MR) is 91.7 cm³/mol. The number of hydrogen-bond donors (Lipinski definition) is 2. The van der Waals surface area contributed by atoms with E-state index in [-0.39, 0.29) is 11.9 Å². The number of carbonyl (C=O) groups excluding carboxylic acids is 2. The molecule has 2 aromatic carbocycles. The van der Waals surface area contributed by atoms with Crippen molar-refractivity contribution in [1.82, 2.24) is 10.2 Å². The Hall–Kier alpha value is -2.66. The highest BCUT2D eigenvalue weighted by molar-refractivity contribution is 6.04. The van der Waals surface area contributed by atoms with E-state index in [2.05, 4.69) is 17.4 Å². The normalized spacial score (nSPS) is 15.1. The molecule has 0 atom stereocenters. The van der Waals surface area contributed by atoms with Gasteiger partial charge in [-0.25, -0.2) is 4.79 Å². The Balaban J connectivity index is 1.47. The molecular formula is C19H22N3O2+. The van der Waals surface area contributed by atoms with Gasteiger partial charge in [-0.1, -0.05) is 48.5 Å². The molecular weight excluding hydrogens is 302 g/mol. The van der Waals surface area contributed by atoms with Crippen LogP contribution in [0.15, 0.2) is 60.7 Å². The van der Waals surface area contributed by atoms with Gasteiger partial charge in [0.05, 0.1) is 26.2 Å². The molecule has 1 saturated heterocycles. The lowest BCUT2D eigenvalue weighted by Crippen LogP contribution is -3.13. The molecule has 0 spiro atoms. The summed E-state index contributed by atoms with van der Waals surface area (Å²) < 4.78 is 0. The summed E-state index contributed by atoms with van der Waals surface area (Å²) in [6.07, 6.45) is 0. The highest BCUT2D eigenvalue weighted by Crippen LogP contribution is 2.00. The van der Waals surface area contributed by atoms with Gasteiger partial charge >= 0.3 is 6.03 Å². The minimum atomic E-state index is -0.348. The van der Waals surface area contributed by atoms with Crippen LogP contribution in [0.5, 0.6) is 0 Å². The highest BCUT2D eigenvalue weighted by atomic mass is 16.2.